The number of benzene rings is 2. The van der Waals surface area contributed by atoms with Gasteiger partial charge in [0.1, 0.15) is 11.8 Å². The third-order valence-corrected chi connectivity index (χ3v) is 5.70. The summed E-state index contributed by atoms with van der Waals surface area (Å²) in [6.45, 7) is 12.5. The van der Waals surface area contributed by atoms with E-state index in [4.69, 9.17) is 4.74 Å². The Bertz CT molecular complexity index is 874. The summed E-state index contributed by atoms with van der Waals surface area (Å²) in [5, 5.41) is 2.99. The lowest BCUT2D eigenvalue weighted by Gasteiger charge is -2.30. The Morgan fingerprint density at radius 3 is 2.25 bits per heavy atom. The van der Waals surface area contributed by atoms with Crippen LogP contribution in [0, 0.1) is 0 Å². The van der Waals surface area contributed by atoms with Gasteiger partial charge >= 0.3 is 0 Å². The second-order valence-corrected chi connectivity index (χ2v) is 9.35. The summed E-state index contributed by atoms with van der Waals surface area (Å²) < 4.78 is 5.97. The molecule has 0 unspecified atom stereocenters. The number of nitrogens with one attached hydrogen (secondary N) is 1. The lowest BCUT2D eigenvalue weighted by Crippen LogP contribution is -2.51. The molecule has 1 N–H and O–H groups in total. The minimum atomic E-state index is -0.582. The van der Waals surface area contributed by atoms with E-state index in [0.29, 0.717) is 18.7 Å². The van der Waals surface area contributed by atoms with E-state index in [1.165, 1.54) is 0 Å². The van der Waals surface area contributed by atoms with E-state index in [2.05, 4.69) is 26.1 Å². The van der Waals surface area contributed by atoms with Crippen molar-refractivity contribution in [3.8, 4) is 5.75 Å². The van der Waals surface area contributed by atoms with Crippen molar-refractivity contribution in [3.05, 3.63) is 65.7 Å². The van der Waals surface area contributed by atoms with Crippen LogP contribution in [0.15, 0.2) is 54.6 Å². The molecule has 2 atom stereocenters. The topological polar surface area (TPSA) is 58.6 Å². The average Bonchev–Trinajstić information content (AvgIpc) is 2.77. The zero-order valence-corrected chi connectivity index (χ0v) is 20.4. The van der Waals surface area contributed by atoms with Crippen LogP contribution in [0.5, 0.6) is 5.75 Å². The Labute approximate surface area is 193 Å². The monoisotopic (exact) mass is 438 g/mol. The first kappa shape index (κ1) is 25.4. The van der Waals surface area contributed by atoms with Crippen LogP contribution in [-0.2, 0) is 21.4 Å². The fraction of sp³-hybridized carbons (Fsp3) is 0.481. The van der Waals surface area contributed by atoms with Gasteiger partial charge in [-0.1, -0.05) is 76.2 Å². The standard InChI is InChI=1S/C27H38N2O3/c1-7-20(2)28-26(31)21(3)29(18-17-22-13-9-8-10-14-22)25(30)19-32-24-16-12-11-15-23(24)27(4,5)6/h8-16,20-21H,7,17-19H2,1-6H3,(H,28,31)/t20-,21-/m0/s1. The summed E-state index contributed by atoms with van der Waals surface area (Å²) >= 11 is 0. The maximum atomic E-state index is 13.2. The molecule has 0 heterocycles. The molecule has 0 saturated heterocycles. The lowest BCUT2D eigenvalue weighted by atomic mass is 9.86. The van der Waals surface area contributed by atoms with E-state index in [9.17, 15) is 9.59 Å². The van der Waals surface area contributed by atoms with Crippen LogP contribution in [0.25, 0.3) is 0 Å². The minimum absolute atomic E-state index is 0.0611. The molecule has 2 aromatic carbocycles. The van der Waals surface area contributed by atoms with E-state index in [1.54, 1.807) is 11.8 Å². The zero-order chi connectivity index (χ0) is 23.7. The number of hydrogen-bond acceptors (Lipinski definition) is 3. The average molecular weight is 439 g/mol. The quantitative estimate of drug-likeness (QED) is 0.583. The molecular weight excluding hydrogens is 400 g/mol. The van der Waals surface area contributed by atoms with Crippen molar-refractivity contribution >= 4 is 11.8 Å². The van der Waals surface area contributed by atoms with E-state index in [1.807, 2.05) is 68.4 Å². The van der Waals surface area contributed by atoms with Crippen molar-refractivity contribution in [2.45, 2.75) is 71.9 Å². The predicted molar refractivity (Wildman–Crippen MR) is 130 cm³/mol. The highest BCUT2D eigenvalue weighted by Crippen LogP contribution is 2.30. The molecule has 0 aliphatic rings. The molecule has 2 amide bonds. The SMILES string of the molecule is CC[C@H](C)NC(=O)[C@H](C)N(CCc1ccccc1)C(=O)COc1ccccc1C(C)(C)C. The highest BCUT2D eigenvalue weighted by molar-refractivity contribution is 5.88. The van der Waals surface area contributed by atoms with Crippen molar-refractivity contribution in [1.82, 2.24) is 10.2 Å². The third kappa shape index (κ3) is 7.40. The molecule has 0 aliphatic heterocycles. The van der Waals surface area contributed by atoms with Gasteiger partial charge in [0.2, 0.25) is 5.91 Å². The highest BCUT2D eigenvalue weighted by Gasteiger charge is 2.27. The lowest BCUT2D eigenvalue weighted by molar-refractivity contribution is -0.141. The molecule has 0 saturated carbocycles. The maximum absolute atomic E-state index is 13.2. The summed E-state index contributed by atoms with van der Waals surface area (Å²) in [6, 6.07) is 17.3. The number of carbonyl (C=O) groups excluding carboxylic acids is 2. The number of nitrogens with zero attached hydrogens (tertiary/aromatic N) is 1. The van der Waals surface area contributed by atoms with Crippen LogP contribution in [0.2, 0.25) is 0 Å². The van der Waals surface area contributed by atoms with E-state index in [-0.39, 0.29) is 29.9 Å². The molecule has 174 valence electrons. The zero-order valence-electron chi connectivity index (χ0n) is 20.4. The summed E-state index contributed by atoms with van der Waals surface area (Å²) in [5.74, 6) is 0.361. The van der Waals surface area contributed by atoms with Gasteiger partial charge < -0.3 is 15.0 Å². The minimum Gasteiger partial charge on any atom is -0.483 e. The van der Waals surface area contributed by atoms with Crippen LogP contribution in [-0.4, -0.2) is 41.9 Å². The molecule has 2 rings (SSSR count). The van der Waals surface area contributed by atoms with Crippen molar-refractivity contribution in [3.63, 3.8) is 0 Å². The van der Waals surface area contributed by atoms with Gasteiger partial charge in [-0.15, -0.1) is 0 Å². The Morgan fingerprint density at radius 1 is 1.00 bits per heavy atom. The van der Waals surface area contributed by atoms with Gasteiger partial charge in [-0.2, -0.15) is 0 Å². The normalized spacial score (nSPS) is 13.2. The molecule has 0 radical (unpaired) electrons. The van der Waals surface area contributed by atoms with Gasteiger partial charge in [-0.05, 0) is 49.3 Å². The van der Waals surface area contributed by atoms with Crippen LogP contribution in [0.1, 0.15) is 59.1 Å². The van der Waals surface area contributed by atoms with Gasteiger partial charge in [0.15, 0.2) is 6.61 Å². The molecular formula is C27H38N2O3. The Kier molecular flexibility index (Phi) is 9.30. The summed E-state index contributed by atoms with van der Waals surface area (Å²) in [4.78, 5) is 27.6. The van der Waals surface area contributed by atoms with Crippen LogP contribution >= 0.6 is 0 Å². The molecule has 0 spiro atoms. The van der Waals surface area contributed by atoms with Gasteiger partial charge in [-0.25, -0.2) is 0 Å². The van der Waals surface area contributed by atoms with E-state index < -0.39 is 6.04 Å². The van der Waals surface area contributed by atoms with E-state index in [0.717, 1.165) is 17.5 Å². The largest absolute Gasteiger partial charge is 0.483 e. The Hall–Kier alpha value is -2.82. The predicted octanol–water partition coefficient (Wildman–Crippen LogP) is 4.74. The molecule has 0 bridgehead atoms. The molecule has 0 aliphatic carbocycles. The summed E-state index contributed by atoms with van der Waals surface area (Å²) in [5.41, 5.74) is 2.07. The van der Waals surface area contributed by atoms with Gasteiger partial charge in [0.05, 0.1) is 0 Å². The first-order valence-electron chi connectivity index (χ1n) is 11.5. The smallest absolute Gasteiger partial charge is 0.261 e. The fourth-order valence-electron chi connectivity index (χ4n) is 3.47. The van der Waals surface area contributed by atoms with Crippen LogP contribution in [0.4, 0.5) is 0 Å². The van der Waals surface area contributed by atoms with Gasteiger partial charge in [0.25, 0.3) is 5.91 Å². The first-order chi connectivity index (χ1) is 15.1. The summed E-state index contributed by atoms with van der Waals surface area (Å²) in [7, 11) is 0. The summed E-state index contributed by atoms with van der Waals surface area (Å²) in [6.07, 6.45) is 1.51. The van der Waals surface area contributed by atoms with Crippen molar-refractivity contribution in [2.75, 3.05) is 13.2 Å². The fourth-order valence-corrected chi connectivity index (χ4v) is 3.47. The third-order valence-electron chi connectivity index (χ3n) is 5.70. The Morgan fingerprint density at radius 2 is 1.62 bits per heavy atom. The number of amides is 2. The number of carbonyl (C=O) groups is 2. The first-order valence-corrected chi connectivity index (χ1v) is 11.5. The van der Waals surface area contributed by atoms with Crippen LogP contribution in [0.3, 0.4) is 0 Å². The number of hydrogen-bond donors (Lipinski definition) is 1. The van der Waals surface area contributed by atoms with E-state index >= 15 is 0 Å². The molecule has 0 fully saturated rings. The van der Waals surface area contributed by atoms with Gasteiger partial charge in [-0.3, -0.25) is 9.59 Å². The highest BCUT2D eigenvalue weighted by atomic mass is 16.5. The number of para-hydroxylation sites is 1. The second-order valence-electron chi connectivity index (χ2n) is 9.35. The van der Waals surface area contributed by atoms with Gasteiger partial charge in [0, 0.05) is 12.6 Å². The molecule has 2 aromatic rings. The number of ether oxygens (including phenoxy) is 1. The maximum Gasteiger partial charge on any atom is 0.261 e. The molecule has 5 heteroatoms. The van der Waals surface area contributed by atoms with Crippen molar-refractivity contribution in [2.24, 2.45) is 0 Å². The Balaban J connectivity index is 2.15. The number of rotatable bonds is 10. The molecule has 0 aromatic heterocycles. The van der Waals surface area contributed by atoms with Crippen molar-refractivity contribution < 1.29 is 14.3 Å². The van der Waals surface area contributed by atoms with Crippen molar-refractivity contribution in [1.29, 1.82) is 0 Å². The second kappa shape index (κ2) is 11.7. The van der Waals surface area contributed by atoms with Crippen LogP contribution < -0.4 is 10.1 Å². The molecule has 5 nitrogen and oxygen atoms in total. The molecule has 32 heavy (non-hydrogen) atoms.